The van der Waals surface area contributed by atoms with Gasteiger partial charge in [-0.3, -0.25) is 4.79 Å². The molecule has 3 aliphatic rings. The highest BCUT2D eigenvalue weighted by Gasteiger charge is 2.56. The number of aliphatic hydroxyl groups excluding tert-OH is 1. The Bertz CT molecular complexity index is 796. The molecule has 2 fully saturated rings. The molecule has 30 heavy (non-hydrogen) atoms. The number of carbonyl (C=O) groups is 1. The van der Waals surface area contributed by atoms with Crippen molar-refractivity contribution in [3.05, 3.63) is 47.5 Å². The van der Waals surface area contributed by atoms with Gasteiger partial charge < -0.3 is 5.11 Å². The molecule has 1 aromatic rings. The molecule has 7 unspecified atom stereocenters. The Balaban J connectivity index is 1.65. The van der Waals surface area contributed by atoms with Gasteiger partial charge in [-0.15, -0.1) is 0 Å². The molecular formula is C28H40O2. The van der Waals surface area contributed by atoms with Crippen molar-refractivity contribution in [1.82, 2.24) is 0 Å². The van der Waals surface area contributed by atoms with Gasteiger partial charge in [-0.25, -0.2) is 0 Å². The summed E-state index contributed by atoms with van der Waals surface area (Å²) < 4.78 is 0. The zero-order chi connectivity index (χ0) is 21.5. The molecule has 0 bridgehead atoms. The summed E-state index contributed by atoms with van der Waals surface area (Å²) in [6.07, 6.45) is 10.8. The maximum Gasteiger partial charge on any atom is 0.133 e. The first-order valence-electron chi connectivity index (χ1n) is 12.2. The monoisotopic (exact) mass is 408 g/mol. The zero-order valence-corrected chi connectivity index (χ0v) is 19.4. The van der Waals surface area contributed by atoms with E-state index in [2.05, 4.69) is 57.2 Å². The molecule has 0 aliphatic heterocycles. The quantitative estimate of drug-likeness (QED) is 0.574. The van der Waals surface area contributed by atoms with Crippen molar-refractivity contribution >= 4 is 5.78 Å². The van der Waals surface area contributed by atoms with Gasteiger partial charge in [-0.2, -0.15) is 0 Å². The van der Waals surface area contributed by atoms with Crippen molar-refractivity contribution in [3.63, 3.8) is 0 Å². The lowest BCUT2D eigenvalue weighted by Gasteiger charge is -2.60. The summed E-state index contributed by atoms with van der Waals surface area (Å²) in [5.41, 5.74) is 3.12. The van der Waals surface area contributed by atoms with Crippen molar-refractivity contribution in [2.45, 2.75) is 85.2 Å². The summed E-state index contributed by atoms with van der Waals surface area (Å²) in [5.74, 6) is 2.40. The summed E-state index contributed by atoms with van der Waals surface area (Å²) in [5, 5.41) is 10.2. The Labute approximate surface area is 183 Å². The topological polar surface area (TPSA) is 37.3 Å². The average Bonchev–Trinajstić information content (AvgIpc) is 2.73. The van der Waals surface area contributed by atoms with Crippen molar-refractivity contribution in [2.24, 2.45) is 34.5 Å². The highest BCUT2D eigenvalue weighted by Crippen LogP contribution is 2.63. The van der Waals surface area contributed by atoms with E-state index < -0.39 is 0 Å². The van der Waals surface area contributed by atoms with Crippen LogP contribution in [0.1, 0.15) is 78.2 Å². The summed E-state index contributed by atoms with van der Waals surface area (Å²) in [4.78, 5) is 13.0. The van der Waals surface area contributed by atoms with E-state index in [1.165, 1.54) is 17.6 Å². The Morgan fingerprint density at radius 2 is 1.90 bits per heavy atom. The summed E-state index contributed by atoms with van der Waals surface area (Å²) >= 11 is 0. The van der Waals surface area contributed by atoms with Crippen LogP contribution < -0.4 is 0 Å². The molecule has 2 heteroatoms. The molecule has 0 radical (unpaired) electrons. The maximum atomic E-state index is 13.0. The predicted octanol–water partition coefficient (Wildman–Crippen LogP) is 6.37. The third kappa shape index (κ3) is 3.60. The van der Waals surface area contributed by atoms with Crippen LogP contribution in [0.3, 0.4) is 0 Å². The second-order valence-electron chi connectivity index (χ2n) is 11.0. The number of allylic oxidation sites excluding steroid dienone is 1. The van der Waals surface area contributed by atoms with E-state index in [9.17, 15) is 9.90 Å². The molecule has 1 aromatic carbocycles. The summed E-state index contributed by atoms with van der Waals surface area (Å²) in [7, 11) is 0. The minimum absolute atomic E-state index is 0.0630. The van der Waals surface area contributed by atoms with Gasteiger partial charge in [-0.1, -0.05) is 69.2 Å². The molecule has 0 aromatic heterocycles. The molecular weight excluding hydrogens is 368 g/mol. The molecule has 0 spiro atoms. The van der Waals surface area contributed by atoms with E-state index in [1.807, 2.05) is 6.92 Å². The lowest BCUT2D eigenvalue weighted by atomic mass is 9.45. The van der Waals surface area contributed by atoms with E-state index in [4.69, 9.17) is 0 Å². The number of ketones is 1. The Morgan fingerprint density at radius 3 is 2.57 bits per heavy atom. The number of benzene rings is 1. The van der Waals surface area contributed by atoms with Gasteiger partial charge in [-0.05, 0) is 86.0 Å². The van der Waals surface area contributed by atoms with Crippen molar-refractivity contribution in [1.29, 1.82) is 0 Å². The van der Waals surface area contributed by atoms with Gasteiger partial charge in [0, 0.05) is 5.92 Å². The Hall–Kier alpha value is -1.41. The summed E-state index contributed by atoms with van der Waals surface area (Å²) in [6, 6.07) is 10.6. The summed E-state index contributed by atoms with van der Waals surface area (Å²) in [6.45, 7) is 9.07. The van der Waals surface area contributed by atoms with Crippen LogP contribution in [0.4, 0.5) is 0 Å². The first-order valence-corrected chi connectivity index (χ1v) is 12.2. The Kier molecular flexibility index (Phi) is 6.01. The largest absolute Gasteiger partial charge is 0.393 e. The number of hydrogen-bond acceptors (Lipinski definition) is 2. The van der Waals surface area contributed by atoms with Crippen LogP contribution in [0.2, 0.25) is 0 Å². The maximum absolute atomic E-state index is 13.0. The fourth-order valence-electron chi connectivity index (χ4n) is 7.88. The first-order chi connectivity index (χ1) is 14.3. The first kappa shape index (κ1) is 21.8. The van der Waals surface area contributed by atoms with Gasteiger partial charge >= 0.3 is 0 Å². The minimum Gasteiger partial charge on any atom is -0.393 e. The second-order valence-corrected chi connectivity index (χ2v) is 11.0. The van der Waals surface area contributed by atoms with E-state index in [0.717, 1.165) is 44.9 Å². The normalized spacial score (nSPS) is 39.4. The molecule has 3 aliphatic carbocycles. The molecule has 0 saturated heterocycles. The van der Waals surface area contributed by atoms with Crippen LogP contribution in [0.5, 0.6) is 0 Å². The molecule has 0 amide bonds. The van der Waals surface area contributed by atoms with Crippen LogP contribution >= 0.6 is 0 Å². The lowest BCUT2D eigenvalue weighted by Crippen LogP contribution is -2.53. The number of hydrogen-bond donors (Lipinski definition) is 1. The number of carbonyl (C=O) groups excluding carboxylic acids is 1. The molecule has 0 heterocycles. The standard InChI is InChI=1S/C28H40O2/c1-5-24-23-12-11-21-18-22(30)13-15-27(21,3)25(23)14-16-28(24,4)26(19(2)29)17-20-9-7-6-8-10-20/h6-11,22-26,30H,5,12-18H2,1-4H3. The molecule has 164 valence electrons. The van der Waals surface area contributed by atoms with Crippen LogP contribution in [0, 0.1) is 34.5 Å². The van der Waals surface area contributed by atoms with Crippen LogP contribution in [-0.2, 0) is 11.2 Å². The highest BCUT2D eigenvalue weighted by molar-refractivity contribution is 5.79. The number of Topliss-reactive ketones (excluding diaryl/α,β-unsaturated/α-hetero) is 1. The molecule has 7 atom stereocenters. The molecule has 2 saturated carbocycles. The third-order valence-electron chi connectivity index (χ3n) is 9.52. The lowest BCUT2D eigenvalue weighted by molar-refractivity contribution is -0.133. The van der Waals surface area contributed by atoms with Crippen LogP contribution in [0.25, 0.3) is 0 Å². The van der Waals surface area contributed by atoms with Crippen molar-refractivity contribution < 1.29 is 9.90 Å². The second kappa shape index (κ2) is 8.26. The van der Waals surface area contributed by atoms with Gasteiger partial charge in [0.2, 0.25) is 0 Å². The fourth-order valence-corrected chi connectivity index (χ4v) is 7.88. The number of fused-ring (bicyclic) bond motifs is 3. The van der Waals surface area contributed by atoms with E-state index >= 15 is 0 Å². The minimum atomic E-state index is -0.148. The molecule has 4 rings (SSSR count). The van der Waals surface area contributed by atoms with Crippen molar-refractivity contribution in [2.75, 3.05) is 0 Å². The fraction of sp³-hybridized carbons (Fsp3) is 0.679. The van der Waals surface area contributed by atoms with E-state index in [0.29, 0.717) is 23.5 Å². The SMILES string of the molecule is CCC1C2CC=C3CC(O)CCC3(C)C2CCC1(C)C(Cc1ccccc1)C(C)=O. The Morgan fingerprint density at radius 1 is 1.17 bits per heavy atom. The average molecular weight is 409 g/mol. The van der Waals surface area contributed by atoms with E-state index in [1.54, 1.807) is 0 Å². The zero-order valence-electron chi connectivity index (χ0n) is 19.4. The van der Waals surface area contributed by atoms with Crippen molar-refractivity contribution in [3.8, 4) is 0 Å². The molecule has 1 N–H and O–H groups in total. The smallest absolute Gasteiger partial charge is 0.133 e. The number of aliphatic hydroxyl groups is 1. The van der Waals surface area contributed by atoms with Gasteiger partial charge in [0.05, 0.1) is 6.10 Å². The highest BCUT2D eigenvalue weighted by atomic mass is 16.3. The van der Waals surface area contributed by atoms with Crippen LogP contribution in [0.15, 0.2) is 42.0 Å². The van der Waals surface area contributed by atoms with Gasteiger partial charge in [0.25, 0.3) is 0 Å². The predicted molar refractivity (Wildman–Crippen MR) is 123 cm³/mol. The van der Waals surface area contributed by atoms with Crippen LogP contribution in [-0.4, -0.2) is 17.0 Å². The molecule has 2 nitrogen and oxygen atoms in total. The number of rotatable bonds is 5. The third-order valence-corrected chi connectivity index (χ3v) is 9.52. The van der Waals surface area contributed by atoms with E-state index in [-0.39, 0.29) is 22.9 Å². The van der Waals surface area contributed by atoms with Gasteiger partial charge in [0.15, 0.2) is 0 Å². The van der Waals surface area contributed by atoms with Gasteiger partial charge in [0.1, 0.15) is 5.78 Å².